The van der Waals surface area contributed by atoms with E-state index in [9.17, 15) is 4.79 Å². The molecule has 0 aromatic carbocycles. The smallest absolute Gasteiger partial charge is 0.291 e. The minimum absolute atomic E-state index is 0.152. The first-order valence-electron chi connectivity index (χ1n) is 6.86. The molecule has 1 fully saturated rings. The number of aromatic nitrogens is 4. The molecule has 3 rings (SSSR count). The summed E-state index contributed by atoms with van der Waals surface area (Å²) in [5.41, 5.74) is 1.78. The molecule has 0 bridgehead atoms. The first-order chi connectivity index (χ1) is 9.63. The summed E-state index contributed by atoms with van der Waals surface area (Å²) in [6.07, 6.45) is 2.06. The fraction of sp³-hybridized carbons (Fsp3) is 0.538. The van der Waals surface area contributed by atoms with Gasteiger partial charge in [-0.25, -0.2) is 9.50 Å². The third kappa shape index (κ3) is 2.49. The lowest BCUT2D eigenvalue weighted by Crippen LogP contribution is -2.45. The SMILES string of the molecule is Cc1cc(C)n2nc(C(=O)N[C@H]3CCCNC3)nc2n1. The Labute approximate surface area is 116 Å². The van der Waals surface area contributed by atoms with Crippen LogP contribution in [0.3, 0.4) is 0 Å². The summed E-state index contributed by atoms with van der Waals surface area (Å²) >= 11 is 0. The maximum absolute atomic E-state index is 12.2. The molecule has 1 atom stereocenters. The second-order valence-electron chi connectivity index (χ2n) is 5.20. The van der Waals surface area contributed by atoms with Crippen molar-refractivity contribution in [2.75, 3.05) is 13.1 Å². The van der Waals surface area contributed by atoms with Crippen LogP contribution in [0.4, 0.5) is 0 Å². The minimum atomic E-state index is -0.235. The van der Waals surface area contributed by atoms with Crippen molar-refractivity contribution in [3.8, 4) is 0 Å². The van der Waals surface area contributed by atoms with E-state index >= 15 is 0 Å². The van der Waals surface area contributed by atoms with Crippen LogP contribution in [-0.4, -0.2) is 44.6 Å². The molecular weight excluding hydrogens is 256 g/mol. The second-order valence-corrected chi connectivity index (χ2v) is 5.20. The Morgan fingerprint density at radius 2 is 2.30 bits per heavy atom. The molecule has 1 saturated heterocycles. The lowest BCUT2D eigenvalue weighted by atomic mass is 10.1. The van der Waals surface area contributed by atoms with Gasteiger partial charge in [-0.2, -0.15) is 4.98 Å². The number of hydrogen-bond acceptors (Lipinski definition) is 5. The summed E-state index contributed by atoms with van der Waals surface area (Å²) in [5.74, 6) is 0.410. The lowest BCUT2D eigenvalue weighted by molar-refractivity contribution is 0.0920. The van der Waals surface area contributed by atoms with Crippen molar-refractivity contribution in [1.82, 2.24) is 30.2 Å². The van der Waals surface area contributed by atoms with Crippen molar-refractivity contribution in [2.24, 2.45) is 0 Å². The molecular formula is C13H18N6O. The zero-order valence-electron chi connectivity index (χ0n) is 11.7. The van der Waals surface area contributed by atoms with Crippen LogP contribution in [0.2, 0.25) is 0 Å². The molecule has 1 aliphatic heterocycles. The highest BCUT2D eigenvalue weighted by atomic mass is 16.2. The van der Waals surface area contributed by atoms with Crippen LogP contribution in [0.25, 0.3) is 5.78 Å². The zero-order chi connectivity index (χ0) is 14.1. The molecule has 0 aliphatic carbocycles. The molecule has 3 heterocycles. The van der Waals surface area contributed by atoms with Crippen LogP contribution >= 0.6 is 0 Å². The maximum Gasteiger partial charge on any atom is 0.291 e. The number of carbonyl (C=O) groups excluding carboxylic acids is 1. The van der Waals surface area contributed by atoms with Crippen molar-refractivity contribution >= 4 is 11.7 Å². The van der Waals surface area contributed by atoms with E-state index in [1.807, 2.05) is 19.9 Å². The fourth-order valence-electron chi connectivity index (χ4n) is 2.49. The van der Waals surface area contributed by atoms with Gasteiger partial charge in [-0.15, -0.1) is 5.10 Å². The molecule has 0 unspecified atom stereocenters. The normalized spacial score (nSPS) is 19.2. The summed E-state index contributed by atoms with van der Waals surface area (Å²) < 4.78 is 1.60. The first kappa shape index (κ1) is 13.0. The van der Waals surface area contributed by atoms with E-state index in [4.69, 9.17) is 0 Å². The van der Waals surface area contributed by atoms with Gasteiger partial charge in [-0.3, -0.25) is 4.79 Å². The Kier molecular flexibility index (Phi) is 3.35. The van der Waals surface area contributed by atoms with Gasteiger partial charge in [0.05, 0.1) is 0 Å². The number of carbonyl (C=O) groups is 1. The first-order valence-corrected chi connectivity index (χ1v) is 6.86. The van der Waals surface area contributed by atoms with E-state index in [-0.39, 0.29) is 17.8 Å². The van der Waals surface area contributed by atoms with E-state index < -0.39 is 0 Å². The van der Waals surface area contributed by atoms with Gasteiger partial charge in [-0.1, -0.05) is 0 Å². The lowest BCUT2D eigenvalue weighted by Gasteiger charge is -2.23. The Bertz CT molecular complexity index is 644. The van der Waals surface area contributed by atoms with Crippen molar-refractivity contribution in [2.45, 2.75) is 32.7 Å². The third-order valence-electron chi connectivity index (χ3n) is 3.45. The molecule has 2 aromatic heterocycles. The van der Waals surface area contributed by atoms with Crippen LogP contribution in [0.15, 0.2) is 6.07 Å². The van der Waals surface area contributed by atoms with E-state index in [0.717, 1.165) is 37.3 Å². The Balaban J connectivity index is 1.82. The number of nitrogens with one attached hydrogen (secondary N) is 2. The molecule has 1 aliphatic rings. The maximum atomic E-state index is 12.2. The van der Waals surface area contributed by atoms with Crippen LogP contribution in [0.5, 0.6) is 0 Å². The van der Waals surface area contributed by atoms with Gasteiger partial charge in [-0.05, 0) is 39.3 Å². The number of rotatable bonds is 2. The summed E-state index contributed by atoms with van der Waals surface area (Å²) in [6, 6.07) is 2.06. The summed E-state index contributed by atoms with van der Waals surface area (Å²) in [7, 11) is 0. The van der Waals surface area contributed by atoms with Crippen LogP contribution < -0.4 is 10.6 Å². The molecule has 0 spiro atoms. The minimum Gasteiger partial charge on any atom is -0.345 e. The van der Waals surface area contributed by atoms with Crippen molar-refractivity contribution in [3.63, 3.8) is 0 Å². The van der Waals surface area contributed by atoms with Gasteiger partial charge in [0.2, 0.25) is 5.82 Å². The van der Waals surface area contributed by atoms with E-state index in [1.165, 1.54) is 0 Å². The molecule has 0 saturated carbocycles. The molecule has 2 N–H and O–H groups in total. The van der Waals surface area contributed by atoms with Gasteiger partial charge in [0.25, 0.3) is 11.7 Å². The largest absolute Gasteiger partial charge is 0.345 e. The third-order valence-corrected chi connectivity index (χ3v) is 3.45. The predicted octanol–water partition coefficient (Wildman–Crippen LogP) is 0.223. The molecule has 106 valence electrons. The molecule has 1 amide bonds. The quantitative estimate of drug-likeness (QED) is 0.818. The molecule has 2 aromatic rings. The number of amides is 1. The van der Waals surface area contributed by atoms with Crippen molar-refractivity contribution in [1.29, 1.82) is 0 Å². The van der Waals surface area contributed by atoms with Crippen molar-refractivity contribution < 1.29 is 4.79 Å². The Hall–Kier alpha value is -2.02. The number of piperidine rings is 1. The number of hydrogen-bond donors (Lipinski definition) is 2. The highest BCUT2D eigenvalue weighted by Crippen LogP contribution is 2.06. The number of aryl methyl sites for hydroxylation is 2. The average Bonchev–Trinajstić information content (AvgIpc) is 2.84. The van der Waals surface area contributed by atoms with Gasteiger partial charge in [0.1, 0.15) is 0 Å². The number of nitrogens with zero attached hydrogens (tertiary/aromatic N) is 4. The molecule has 0 radical (unpaired) electrons. The van der Waals surface area contributed by atoms with E-state index in [2.05, 4.69) is 25.7 Å². The fourth-order valence-corrected chi connectivity index (χ4v) is 2.49. The summed E-state index contributed by atoms with van der Waals surface area (Å²) in [5, 5.41) is 10.5. The van der Waals surface area contributed by atoms with Gasteiger partial charge in [0.15, 0.2) is 0 Å². The van der Waals surface area contributed by atoms with Crippen LogP contribution in [0.1, 0.15) is 34.8 Å². The highest BCUT2D eigenvalue weighted by Gasteiger charge is 2.20. The Morgan fingerprint density at radius 1 is 1.45 bits per heavy atom. The van der Waals surface area contributed by atoms with Gasteiger partial charge >= 0.3 is 0 Å². The van der Waals surface area contributed by atoms with E-state index in [0.29, 0.717) is 5.78 Å². The molecule has 7 nitrogen and oxygen atoms in total. The van der Waals surface area contributed by atoms with Gasteiger partial charge < -0.3 is 10.6 Å². The van der Waals surface area contributed by atoms with Crippen LogP contribution in [-0.2, 0) is 0 Å². The second kappa shape index (κ2) is 5.16. The van der Waals surface area contributed by atoms with E-state index in [1.54, 1.807) is 4.52 Å². The topological polar surface area (TPSA) is 84.2 Å². The summed E-state index contributed by atoms with van der Waals surface area (Å²) in [4.78, 5) is 20.7. The predicted molar refractivity (Wildman–Crippen MR) is 73.6 cm³/mol. The highest BCUT2D eigenvalue weighted by molar-refractivity contribution is 5.91. The molecule has 7 heteroatoms. The number of fused-ring (bicyclic) bond motifs is 1. The standard InChI is InChI=1S/C13H18N6O/c1-8-6-9(2)19-13(15-8)17-11(18-19)12(20)16-10-4-3-5-14-7-10/h6,10,14H,3-5,7H2,1-2H3,(H,16,20)/t10-/m0/s1. The Morgan fingerprint density at radius 3 is 3.05 bits per heavy atom. The van der Waals surface area contributed by atoms with Crippen LogP contribution in [0, 0.1) is 13.8 Å². The summed E-state index contributed by atoms with van der Waals surface area (Å²) in [6.45, 7) is 5.63. The van der Waals surface area contributed by atoms with Gasteiger partial charge in [0, 0.05) is 24.0 Å². The zero-order valence-corrected chi connectivity index (χ0v) is 11.7. The van der Waals surface area contributed by atoms with Crippen molar-refractivity contribution in [3.05, 3.63) is 23.3 Å². The monoisotopic (exact) mass is 274 g/mol. The average molecular weight is 274 g/mol. The molecule has 20 heavy (non-hydrogen) atoms.